The highest BCUT2D eigenvalue weighted by atomic mass is 35.5. The van der Waals surface area contributed by atoms with Crippen LogP contribution < -0.4 is 15.4 Å². The van der Waals surface area contributed by atoms with E-state index in [4.69, 9.17) is 16.3 Å². The fraction of sp³-hybridized carbons (Fsp3) is 0.222. The molecule has 0 bridgehead atoms. The minimum atomic E-state index is -1.05. The number of amides is 1. The lowest BCUT2D eigenvalue weighted by Gasteiger charge is -2.16. The van der Waals surface area contributed by atoms with Crippen LogP contribution in [0.3, 0.4) is 0 Å². The zero-order chi connectivity index (χ0) is 26.0. The second-order valence-corrected chi connectivity index (χ2v) is 10.7. The maximum absolute atomic E-state index is 12.0. The first-order valence-corrected chi connectivity index (χ1v) is 13.0. The molecular formula is C27H26ClN5O3S. The van der Waals surface area contributed by atoms with Crippen molar-refractivity contribution in [2.24, 2.45) is 0 Å². The molecule has 0 atom stereocenters. The topological polar surface area (TPSA) is 101 Å². The van der Waals surface area contributed by atoms with Crippen molar-refractivity contribution in [3.05, 3.63) is 71.5 Å². The Morgan fingerprint density at radius 3 is 2.84 bits per heavy atom. The van der Waals surface area contributed by atoms with Crippen LogP contribution in [0.2, 0.25) is 5.02 Å². The molecule has 0 saturated carbocycles. The largest absolute Gasteiger partial charge is 0.456 e. The van der Waals surface area contributed by atoms with E-state index in [2.05, 4.69) is 32.0 Å². The molecule has 2 aromatic carbocycles. The molecule has 0 aliphatic heterocycles. The maximum Gasteiger partial charge on any atom is 0.222 e. The van der Waals surface area contributed by atoms with Crippen molar-refractivity contribution in [3.63, 3.8) is 0 Å². The number of aliphatic hydroxyl groups is 1. The summed E-state index contributed by atoms with van der Waals surface area (Å²) in [6.45, 7) is 4.14. The van der Waals surface area contributed by atoms with Crippen molar-refractivity contribution >= 4 is 61.5 Å². The summed E-state index contributed by atoms with van der Waals surface area (Å²) in [6.07, 6.45) is 3.44. The van der Waals surface area contributed by atoms with Crippen molar-refractivity contribution in [1.29, 1.82) is 0 Å². The van der Waals surface area contributed by atoms with Crippen LogP contribution in [0, 0.1) is 0 Å². The van der Waals surface area contributed by atoms with Crippen LogP contribution >= 0.6 is 22.9 Å². The number of hydrogen-bond donors (Lipinski definition) is 3. The summed E-state index contributed by atoms with van der Waals surface area (Å²) in [6, 6.07) is 15.4. The predicted octanol–water partition coefficient (Wildman–Crippen LogP) is 6.11. The summed E-state index contributed by atoms with van der Waals surface area (Å²) < 4.78 is 9.16. The van der Waals surface area contributed by atoms with Crippen LogP contribution in [0.15, 0.2) is 66.4 Å². The number of hydrogen-bond acceptors (Lipinski definition) is 7. The lowest BCUT2D eigenvalue weighted by atomic mass is 10.1. The fourth-order valence-electron chi connectivity index (χ4n) is 4.01. The molecule has 3 heterocycles. The number of ether oxygens (including phenoxy) is 1. The van der Waals surface area contributed by atoms with E-state index in [9.17, 15) is 9.90 Å². The lowest BCUT2D eigenvalue weighted by molar-refractivity contribution is -0.124. The first-order valence-electron chi connectivity index (χ1n) is 11.8. The van der Waals surface area contributed by atoms with E-state index in [1.54, 1.807) is 31.3 Å². The summed E-state index contributed by atoms with van der Waals surface area (Å²) in [4.78, 5) is 20.8. The van der Waals surface area contributed by atoms with Crippen LogP contribution in [0.4, 0.5) is 11.5 Å². The molecule has 0 aliphatic rings. The van der Waals surface area contributed by atoms with Crippen LogP contribution in [-0.4, -0.2) is 37.7 Å². The Kier molecular flexibility index (Phi) is 7.01. The Morgan fingerprint density at radius 1 is 1.16 bits per heavy atom. The van der Waals surface area contributed by atoms with Crippen LogP contribution in [0.5, 0.6) is 11.5 Å². The number of benzene rings is 2. The Balaban J connectivity index is 1.29. The highest BCUT2D eigenvalue weighted by Gasteiger charge is 2.18. The highest BCUT2D eigenvalue weighted by molar-refractivity contribution is 7.17. The molecule has 3 N–H and O–H groups in total. The number of nitrogens with zero attached hydrogens (tertiary/aromatic N) is 3. The van der Waals surface area contributed by atoms with Crippen molar-refractivity contribution in [3.8, 4) is 11.5 Å². The summed E-state index contributed by atoms with van der Waals surface area (Å²) in [5, 5.41) is 19.7. The van der Waals surface area contributed by atoms with Gasteiger partial charge >= 0.3 is 0 Å². The quantitative estimate of drug-likeness (QED) is 0.210. The zero-order valence-corrected chi connectivity index (χ0v) is 21.9. The van der Waals surface area contributed by atoms with Gasteiger partial charge in [-0.3, -0.25) is 4.79 Å². The molecule has 0 spiro atoms. The second kappa shape index (κ2) is 10.4. The number of thiophene rings is 1. The predicted molar refractivity (Wildman–Crippen MR) is 148 cm³/mol. The van der Waals surface area contributed by atoms with E-state index >= 15 is 0 Å². The number of aromatic nitrogens is 3. The molecule has 190 valence electrons. The third kappa shape index (κ3) is 6.02. The number of halogens is 1. The lowest BCUT2D eigenvalue weighted by Crippen LogP contribution is -2.33. The minimum absolute atomic E-state index is 0.0401. The fourth-order valence-corrected chi connectivity index (χ4v) is 5.04. The molecule has 0 unspecified atom stereocenters. The standard InChI is InChI=1S/C27H26ClN5O3S/c1-27(2,35)15-24(34)29-9-11-33-10-7-21-25(33)26(31-16-30-21)32-18-4-6-22(20(28)13-18)36-19-5-3-17-8-12-37-23(17)14-19/h3-8,10,12-14,16,35H,9,11,15H2,1-2H3,(H,29,34)(H,30,31,32). The van der Waals surface area contributed by atoms with E-state index in [1.165, 1.54) is 11.7 Å². The van der Waals surface area contributed by atoms with Crippen molar-refractivity contribution in [1.82, 2.24) is 19.9 Å². The van der Waals surface area contributed by atoms with Crippen LogP contribution in [0.1, 0.15) is 20.3 Å². The summed E-state index contributed by atoms with van der Waals surface area (Å²) in [7, 11) is 0. The van der Waals surface area contributed by atoms with E-state index < -0.39 is 5.60 Å². The van der Waals surface area contributed by atoms with Gasteiger partial charge in [-0.1, -0.05) is 11.6 Å². The monoisotopic (exact) mass is 535 g/mol. The van der Waals surface area contributed by atoms with E-state index in [-0.39, 0.29) is 12.3 Å². The van der Waals surface area contributed by atoms with Gasteiger partial charge < -0.3 is 25.0 Å². The molecule has 5 aromatic rings. The van der Waals surface area contributed by atoms with Crippen LogP contribution in [0.25, 0.3) is 21.1 Å². The van der Waals surface area contributed by atoms with E-state index in [0.717, 1.165) is 27.2 Å². The third-order valence-corrected chi connectivity index (χ3v) is 6.84. The molecule has 1 amide bonds. The first kappa shape index (κ1) is 25.0. The SMILES string of the molecule is CC(C)(O)CC(=O)NCCn1ccc2ncnc(Nc3ccc(Oc4ccc5ccsc5c4)c(Cl)c3)c21. The van der Waals surface area contributed by atoms with Gasteiger partial charge in [0.05, 0.1) is 22.6 Å². The second-order valence-electron chi connectivity index (χ2n) is 9.30. The number of carbonyl (C=O) groups excluding carboxylic acids is 1. The zero-order valence-electron chi connectivity index (χ0n) is 20.4. The van der Waals surface area contributed by atoms with Crippen LogP contribution in [-0.2, 0) is 11.3 Å². The normalized spacial score (nSPS) is 11.7. The van der Waals surface area contributed by atoms with Gasteiger partial charge in [0, 0.05) is 29.7 Å². The summed E-state index contributed by atoms with van der Waals surface area (Å²) in [5.74, 6) is 1.69. The average Bonchev–Trinajstić information content (AvgIpc) is 3.47. The van der Waals surface area contributed by atoms with Gasteiger partial charge in [-0.2, -0.15) is 0 Å². The Morgan fingerprint density at radius 2 is 2.03 bits per heavy atom. The number of nitrogens with one attached hydrogen (secondary N) is 2. The molecule has 8 nitrogen and oxygen atoms in total. The number of rotatable bonds is 9. The van der Waals surface area contributed by atoms with Crippen molar-refractivity contribution in [2.45, 2.75) is 32.4 Å². The molecule has 5 rings (SSSR count). The van der Waals surface area contributed by atoms with E-state index in [0.29, 0.717) is 29.7 Å². The molecule has 0 fully saturated rings. The highest BCUT2D eigenvalue weighted by Crippen LogP contribution is 2.35. The van der Waals surface area contributed by atoms with E-state index in [1.807, 2.05) is 47.2 Å². The molecule has 3 aromatic heterocycles. The molecule has 0 aliphatic carbocycles. The summed E-state index contributed by atoms with van der Waals surface area (Å²) in [5.41, 5.74) is 1.28. The van der Waals surface area contributed by atoms with Crippen molar-refractivity contribution in [2.75, 3.05) is 11.9 Å². The molecular weight excluding hydrogens is 510 g/mol. The number of carbonyl (C=O) groups is 1. The Labute approximate surface area is 222 Å². The third-order valence-electron chi connectivity index (χ3n) is 5.67. The molecule has 10 heteroatoms. The van der Waals surface area contributed by atoms with Gasteiger partial charge in [-0.25, -0.2) is 9.97 Å². The summed E-state index contributed by atoms with van der Waals surface area (Å²) >= 11 is 8.22. The van der Waals surface area contributed by atoms with Crippen molar-refractivity contribution < 1.29 is 14.6 Å². The number of anilines is 2. The smallest absolute Gasteiger partial charge is 0.222 e. The van der Waals surface area contributed by atoms with Gasteiger partial charge in [-0.05, 0) is 73.1 Å². The van der Waals surface area contributed by atoms with Gasteiger partial charge in [0.25, 0.3) is 0 Å². The Hall–Kier alpha value is -3.66. The average molecular weight is 536 g/mol. The van der Waals surface area contributed by atoms with Gasteiger partial charge in [0.15, 0.2) is 5.82 Å². The minimum Gasteiger partial charge on any atom is -0.456 e. The van der Waals surface area contributed by atoms with Gasteiger partial charge in [0.2, 0.25) is 5.91 Å². The molecule has 0 saturated heterocycles. The van der Waals surface area contributed by atoms with Gasteiger partial charge in [0.1, 0.15) is 23.3 Å². The molecule has 37 heavy (non-hydrogen) atoms. The first-order chi connectivity index (χ1) is 17.7. The molecule has 0 radical (unpaired) electrons. The van der Waals surface area contributed by atoms with Gasteiger partial charge in [-0.15, -0.1) is 11.3 Å². The Bertz CT molecular complexity index is 1570. The maximum atomic E-state index is 12.0. The number of fused-ring (bicyclic) bond motifs is 2.